The van der Waals surface area contributed by atoms with Gasteiger partial charge in [0.1, 0.15) is 12.3 Å². The van der Waals surface area contributed by atoms with E-state index in [1.165, 1.54) is 48.5 Å². The summed E-state index contributed by atoms with van der Waals surface area (Å²) >= 11 is 5.88. The van der Waals surface area contributed by atoms with Crippen molar-refractivity contribution in [3.8, 4) is 5.75 Å². The maximum Gasteiger partial charge on any atom is 0.343 e. The lowest BCUT2D eigenvalue weighted by Gasteiger charge is -2.29. The molecule has 176 valence electrons. The van der Waals surface area contributed by atoms with Crippen LogP contribution in [0.3, 0.4) is 0 Å². The number of hydrazine groups is 1. The van der Waals surface area contributed by atoms with Crippen LogP contribution in [0.2, 0.25) is 5.02 Å². The molecule has 1 saturated heterocycles. The molecule has 3 amide bonds. The third-order valence-corrected chi connectivity index (χ3v) is 5.53. The van der Waals surface area contributed by atoms with E-state index in [1.54, 1.807) is 30.3 Å². The van der Waals surface area contributed by atoms with E-state index in [1.807, 2.05) is 0 Å². The summed E-state index contributed by atoms with van der Waals surface area (Å²) in [5, 5.41) is 1.99. The van der Waals surface area contributed by atoms with Gasteiger partial charge in [0.15, 0.2) is 5.78 Å². The first kappa shape index (κ1) is 23.8. The zero-order chi connectivity index (χ0) is 24.9. The number of carbonyl (C=O) groups excluding carboxylic acids is 5. The average molecular weight is 491 g/mol. The van der Waals surface area contributed by atoms with Gasteiger partial charge >= 0.3 is 5.97 Å². The summed E-state index contributed by atoms with van der Waals surface area (Å²) in [6.45, 7) is -0.540. The number of hydrogen-bond donors (Lipinski definition) is 0. The van der Waals surface area contributed by atoms with Crippen molar-refractivity contribution in [1.82, 2.24) is 10.0 Å². The molecule has 1 aliphatic rings. The van der Waals surface area contributed by atoms with E-state index >= 15 is 0 Å². The van der Waals surface area contributed by atoms with E-state index in [0.717, 1.165) is 10.0 Å². The van der Waals surface area contributed by atoms with E-state index in [4.69, 9.17) is 16.3 Å². The predicted molar refractivity (Wildman–Crippen MR) is 126 cm³/mol. The maximum absolute atomic E-state index is 13.1. The highest BCUT2D eigenvalue weighted by atomic mass is 35.5. The van der Waals surface area contributed by atoms with Gasteiger partial charge in [-0.2, -0.15) is 5.01 Å². The molecule has 0 spiro atoms. The molecule has 35 heavy (non-hydrogen) atoms. The number of imide groups is 1. The van der Waals surface area contributed by atoms with Gasteiger partial charge in [0.05, 0.1) is 5.56 Å². The SMILES string of the molecule is O=C(CN(C(=O)c1ccc(Cl)cc1)N1C(=O)CCC1=O)c1ccc(OC(=O)c2ccccc2)cc1. The lowest BCUT2D eigenvalue weighted by molar-refractivity contribution is -0.152. The van der Waals surface area contributed by atoms with Crippen molar-refractivity contribution in [3.63, 3.8) is 0 Å². The number of benzene rings is 3. The van der Waals surface area contributed by atoms with E-state index in [9.17, 15) is 24.0 Å². The zero-order valence-electron chi connectivity index (χ0n) is 18.3. The van der Waals surface area contributed by atoms with Gasteiger partial charge in [0.25, 0.3) is 5.91 Å². The van der Waals surface area contributed by atoms with Crippen molar-refractivity contribution in [2.45, 2.75) is 12.8 Å². The Balaban J connectivity index is 1.52. The molecular weight excluding hydrogens is 472 g/mol. The number of carbonyl (C=O) groups is 5. The average Bonchev–Trinajstić information content (AvgIpc) is 3.21. The van der Waals surface area contributed by atoms with Crippen LogP contribution in [-0.4, -0.2) is 46.0 Å². The maximum atomic E-state index is 13.1. The summed E-state index contributed by atoms with van der Waals surface area (Å²) in [7, 11) is 0. The van der Waals surface area contributed by atoms with Crippen LogP contribution in [0.1, 0.15) is 43.9 Å². The highest BCUT2D eigenvalue weighted by Gasteiger charge is 2.38. The van der Waals surface area contributed by atoms with Crippen molar-refractivity contribution < 1.29 is 28.7 Å². The number of nitrogens with zero attached hydrogens (tertiary/aromatic N) is 2. The summed E-state index contributed by atoms with van der Waals surface area (Å²) < 4.78 is 5.31. The first-order valence-electron chi connectivity index (χ1n) is 10.7. The van der Waals surface area contributed by atoms with Crippen molar-refractivity contribution in [2.75, 3.05) is 6.54 Å². The number of ketones is 1. The smallest absolute Gasteiger partial charge is 0.343 e. The fraction of sp³-hybridized carbons (Fsp3) is 0.115. The Morgan fingerprint density at radius 2 is 1.34 bits per heavy atom. The lowest BCUT2D eigenvalue weighted by Crippen LogP contribution is -2.51. The van der Waals surface area contributed by atoms with Crippen LogP contribution >= 0.6 is 11.6 Å². The molecule has 3 aromatic rings. The van der Waals surface area contributed by atoms with Crippen LogP contribution in [0.25, 0.3) is 0 Å². The number of halogens is 1. The fourth-order valence-corrected chi connectivity index (χ4v) is 3.61. The normalized spacial score (nSPS) is 13.0. The van der Waals surface area contributed by atoms with E-state index < -0.39 is 36.0 Å². The zero-order valence-corrected chi connectivity index (χ0v) is 19.1. The molecule has 9 heteroatoms. The van der Waals surface area contributed by atoms with E-state index in [2.05, 4.69) is 0 Å². The molecule has 0 atom stereocenters. The summed E-state index contributed by atoms with van der Waals surface area (Å²) in [5.74, 6) is -2.64. The topological polar surface area (TPSA) is 101 Å². The quantitative estimate of drug-likeness (QED) is 0.215. The van der Waals surface area contributed by atoms with Gasteiger partial charge in [-0.15, -0.1) is 0 Å². The first-order chi connectivity index (χ1) is 16.8. The van der Waals surface area contributed by atoms with Crippen molar-refractivity contribution in [3.05, 3.63) is 101 Å². The van der Waals surface area contributed by atoms with Crippen LogP contribution in [-0.2, 0) is 9.59 Å². The van der Waals surface area contributed by atoms with Gasteiger partial charge < -0.3 is 4.74 Å². The molecule has 0 unspecified atom stereocenters. The highest BCUT2D eigenvalue weighted by Crippen LogP contribution is 2.21. The number of hydrogen-bond acceptors (Lipinski definition) is 6. The number of Topliss-reactive ketones (excluding diaryl/α,β-unsaturated/α-hetero) is 1. The summed E-state index contributed by atoms with van der Waals surface area (Å²) in [6.07, 6.45) is -0.0855. The Labute approximate surface area is 205 Å². The summed E-state index contributed by atoms with van der Waals surface area (Å²) in [6, 6.07) is 20.1. The van der Waals surface area contributed by atoms with Gasteiger partial charge in [0.2, 0.25) is 11.8 Å². The molecule has 0 aliphatic carbocycles. The molecule has 0 radical (unpaired) electrons. The highest BCUT2D eigenvalue weighted by molar-refractivity contribution is 6.30. The number of esters is 1. The Bertz CT molecular complexity index is 1270. The third kappa shape index (κ3) is 5.44. The third-order valence-electron chi connectivity index (χ3n) is 5.28. The second-order valence-electron chi connectivity index (χ2n) is 7.67. The molecule has 1 aliphatic heterocycles. The molecule has 4 rings (SSSR count). The summed E-state index contributed by atoms with van der Waals surface area (Å²) in [5.41, 5.74) is 0.749. The Morgan fingerprint density at radius 1 is 0.771 bits per heavy atom. The second kappa shape index (κ2) is 10.3. The molecule has 3 aromatic carbocycles. The molecule has 0 bridgehead atoms. The van der Waals surface area contributed by atoms with Crippen molar-refractivity contribution >= 4 is 41.1 Å². The molecule has 1 heterocycles. The Morgan fingerprint density at radius 3 is 1.94 bits per heavy atom. The predicted octanol–water partition coefficient (Wildman–Crippen LogP) is 3.95. The first-order valence-corrected chi connectivity index (χ1v) is 11.0. The Kier molecular flexibility index (Phi) is 7.03. The minimum atomic E-state index is -0.688. The number of rotatable bonds is 7. The minimum absolute atomic E-state index is 0.0428. The fourth-order valence-electron chi connectivity index (χ4n) is 3.49. The number of amides is 3. The largest absolute Gasteiger partial charge is 0.423 e. The van der Waals surface area contributed by atoms with Crippen LogP contribution < -0.4 is 4.74 Å². The standard InChI is InChI=1S/C26H19ClN2O6/c27-20-10-6-18(7-11-20)25(33)28(29-23(31)14-15-24(29)32)16-22(30)17-8-12-21(13-9-17)35-26(34)19-4-2-1-3-5-19/h1-13H,14-16H2. The van der Waals surface area contributed by atoms with Crippen LogP contribution in [0.4, 0.5) is 0 Å². The molecule has 1 fully saturated rings. The number of ether oxygens (including phenoxy) is 1. The molecule has 0 aromatic heterocycles. The van der Waals surface area contributed by atoms with Gasteiger partial charge in [-0.05, 0) is 60.7 Å². The second-order valence-corrected chi connectivity index (χ2v) is 8.11. The molecule has 0 saturated carbocycles. The monoisotopic (exact) mass is 490 g/mol. The van der Waals surface area contributed by atoms with Gasteiger partial charge in [-0.25, -0.2) is 9.80 Å². The summed E-state index contributed by atoms with van der Waals surface area (Å²) in [4.78, 5) is 63.0. The van der Waals surface area contributed by atoms with E-state index in [0.29, 0.717) is 10.6 Å². The Hall–Kier alpha value is -4.30. The molecule has 0 N–H and O–H groups in total. The van der Waals surface area contributed by atoms with Gasteiger partial charge in [0, 0.05) is 29.0 Å². The van der Waals surface area contributed by atoms with Gasteiger partial charge in [-0.3, -0.25) is 19.2 Å². The van der Waals surface area contributed by atoms with E-state index in [-0.39, 0.29) is 29.7 Å². The molecular formula is C26H19ClN2O6. The minimum Gasteiger partial charge on any atom is -0.423 e. The van der Waals surface area contributed by atoms with Gasteiger partial charge in [-0.1, -0.05) is 29.8 Å². The lowest BCUT2D eigenvalue weighted by atomic mass is 10.1. The molecule has 8 nitrogen and oxygen atoms in total. The van der Waals surface area contributed by atoms with Crippen molar-refractivity contribution in [1.29, 1.82) is 0 Å². The van der Waals surface area contributed by atoms with Crippen LogP contribution in [0, 0.1) is 0 Å². The van der Waals surface area contributed by atoms with Crippen LogP contribution in [0.5, 0.6) is 5.75 Å². The van der Waals surface area contributed by atoms with Crippen molar-refractivity contribution in [2.24, 2.45) is 0 Å². The van der Waals surface area contributed by atoms with Crippen LogP contribution in [0.15, 0.2) is 78.9 Å².